The molecule has 0 saturated carbocycles. The van der Waals surface area contributed by atoms with Crippen molar-refractivity contribution in [3.63, 3.8) is 0 Å². The van der Waals surface area contributed by atoms with E-state index in [1.165, 1.54) is 0 Å². The van der Waals surface area contributed by atoms with E-state index < -0.39 is 0 Å². The molecule has 0 unspecified atom stereocenters. The number of benzene rings is 1. The molecule has 0 spiro atoms. The zero-order valence-electron chi connectivity index (χ0n) is 9.93. The lowest BCUT2D eigenvalue weighted by Gasteiger charge is -2.08. The average molecular weight is 306 g/mol. The molecule has 1 aromatic carbocycles. The van der Waals surface area contributed by atoms with Gasteiger partial charge in [0.1, 0.15) is 11.8 Å². The van der Waals surface area contributed by atoms with Gasteiger partial charge < -0.3 is 4.74 Å². The number of hydrogen-bond donors (Lipinski definition) is 0. The van der Waals surface area contributed by atoms with E-state index in [1.54, 1.807) is 18.3 Å². The Kier molecular flexibility index (Phi) is 4.00. The lowest BCUT2D eigenvalue weighted by Crippen LogP contribution is -2.06. The third kappa shape index (κ3) is 2.90. The fourth-order valence-corrected chi connectivity index (χ4v) is 1.99. The van der Waals surface area contributed by atoms with Crippen LogP contribution in [-0.4, -0.2) is 16.4 Å². The topological polar surface area (TPSA) is 50.8 Å². The molecule has 4 nitrogen and oxygen atoms in total. The van der Waals surface area contributed by atoms with Gasteiger partial charge in [0, 0.05) is 29.8 Å². The van der Waals surface area contributed by atoms with Gasteiger partial charge in [0.2, 0.25) is 0 Å². The van der Waals surface area contributed by atoms with E-state index >= 15 is 0 Å². The minimum atomic E-state index is 0.524. The molecule has 0 aliphatic rings. The second-order valence-electron chi connectivity index (χ2n) is 3.80. The fraction of sp³-hybridized carbons (Fsp3) is 0.231. The van der Waals surface area contributed by atoms with Crippen LogP contribution < -0.4 is 4.74 Å². The van der Waals surface area contributed by atoms with E-state index in [0.717, 1.165) is 16.6 Å². The number of halogens is 1. The number of rotatable bonds is 4. The van der Waals surface area contributed by atoms with E-state index in [-0.39, 0.29) is 0 Å². The first-order valence-electron chi connectivity index (χ1n) is 5.50. The maximum atomic E-state index is 9.01. The summed E-state index contributed by atoms with van der Waals surface area (Å²) in [6.07, 6.45) is 2.52. The van der Waals surface area contributed by atoms with E-state index in [4.69, 9.17) is 10.00 Å². The highest BCUT2D eigenvalue weighted by atomic mass is 79.9. The molecular weight excluding hydrogens is 294 g/mol. The number of ether oxygens (including phenoxy) is 1. The summed E-state index contributed by atoms with van der Waals surface area (Å²) >= 11 is 3.33. The third-order valence-corrected chi connectivity index (χ3v) is 3.09. The van der Waals surface area contributed by atoms with Gasteiger partial charge in [-0.2, -0.15) is 10.4 Å². The number of aryl methyl sites for hydroxylation is 1. The molecular formula is C13H12BrN3O. The van der Waals surface area contributed by atoms with E-state index in [0.29, 0.717) is 17.9 Å². The van der Waals surface area contributed by atoms with Crippen LogP contribution in [0.25, 0.3) is 0 Å². The molecule has 5 heteroatoms. The molecule has 2 aromatic rings. The Morgan fingerprint density at radius 3 is 2.94 bits per heavy atom. The highest BCUT2D eigenvalue weighted by molar-refractivity contribution is 9.10. The van der Waals surface area contributed by atoms with Gasteiger partial charge in [-0.1, -0.05) is 15.9 Å². The van der Waals surface area contributed by atoms with Crippen molar-refractivity contribution in [1.29, 1.82) is 5.26 Å². The first-order chi connectivity index (χ1) is 8.70. The first kappa shape index (κ1) is 12.7. The maximum Gasteiger partial charge on any atom is 0.137 e. The van der Waals surface area contributed by atoms with Crippen molar-refractivity contribution in [3.05, 3.63) is 46.2 Å². The summed E-state index contributed by atoms with van der Waals surface area (Å²) in [6.45, 7) is 0.524. The summed E-state index contributed by atoms with van der Waals surface area (Å²) < 4.78 is 8.32. The highest BCUT2D eigenvalue weighted by Crippen LogP contribution is 2.22. The molecule has 1 aromatic heterocycles. The predicted octanol–water partition coefficient (Wildman–Crippen LogP) is 2.68. The Morgan fingerprint density at radius 1 is 1.44 bits per heavy atom. The van der Waals surface area contributed by atoms with Crippen molar-refractivity contribution in [2.24, 2.45) is 7.05 Å². The normalized spacial score (nSPS) is 10.1. The highest BCUT2D eigenvalue weighted by Gasteiger charge is 2.05. The van der Waals surface area contributed by atoms with Gasteiger partial charge in [-0.15, -0.1) is 0 Å². The van der Waals surface area contributed by atoms with Gasteiger partial charge in [0.25, 0.3) is 0 Å². The number of aromatic nitrogens is 2. The van der Waals surface area contributed by atoms with Crippen LogP contribution in [0.1, 0.15) is 11.3 Å². The predicted molar refractivity (Wildman–Crippen MR) is 71.3 cm³/mol. The van der Waals surface area contributed by atoms with Crippen LogP contribution in [-0.2, 0) is 13.5 Å². The SMILES string of the molecule is Cn1nccc1CCOc1ccc(Br)cc1C#N. The van der Waals surface area contributed by atoms with Gasteiger partial charge in [-0.05, 0) is 24.3 Å². The van der Waals surface area contributed by atoms with Gasteiger partial charge in [0.15, 0.2) is 0 Å². The van der Waals surface area contributed by atoms with Crippen LogP contribution in [0, 0.1) is 11.3 Å². The smallest absolute Gasteiger partial charge is 0.137 e. The first-order valence-corrected chi connectivity index (χ1v) is 6.29. The summed E-state index contributed by atoms with van der Waals surface area (Å²) in [6, 6.07) is 9.48. The summed E-state index contributed by atoms with van der Waals surface area (Å²) in [4.78, 5) is 0. The van der Waals surface area contributed by atoms with Crippen molar-refractivity contribution in [2.45, 2.75) is 6.42 Å². The summed E-state index contributed by atoms with van der Waals surface area (Å²) in [5, 5.41) is 13.1. The fourth-order valence-electron chi connectivity index (χ4n) is 1.63. The Hall–Kier alpha value is -1.80. The molecule has 0 aliphatic carbocycles. The molecule has 0 radical (unpaired) electrons. The zero-order valence-corrected chi connectivity index (χ0v) is 11.5. The van der Waals surface area contributed by atoms with Gasteiger partial charge in [-0.3, -0.25) is 4.68 Å². The molecule has 0 aliphatic heterocycles. The van der Waals surface area contributed by atoms with Crippen molar-refractivity contribution in [2.75, 3.05) is 6.61 Å². The molecule has 0 saturated heterocycles. The molecule has 18 heavy (non-hydrogen) atoms. The van der Waals surface area contributed by atoms with E-state index in [2.05, 4.69) is 27.1 Å². The summed E-state index contributed by atoms with van der Waals surface area (Å²) in [5.74, 6) is 0.614. The van der Waals surface area contributed by atoms with Crippen LogP contribution in [0.3, 0.4) is 0 Å². The second-order valence-corrected chi connectivity index (χ2v) is 4.71. The Balaban J connectivity index is 1.99. The van der Waals surface area contributed by atoms with Crippen molar-refractivity contribution in [3.8, 4) is 11.8 Å². The minimum absolute atomic E-state index is 0.524. The van der Waals surface area contributed by atoms with Crippen molar-refractivity contribution < 1.29 is 4.74 Å². The minimum Gasteiger partial charge on any atom is -0.492 e. The van der Waals surface area contributed by atoms with Crippen LogP contribution in [0.15, 0.2) is 34.9 Å². The molecule has 92 valence electrons. The van der Waals surface area contributed by atoms with Crippen LogP contribution in [0.4, 0.5) is 0 Å². The van der Waals surface area contributed by atoms with Crippen molar-refractivity contribution in [1.82, 2.24) is 9.78 Å². The molecule has 0 fully saturated rings. The molecule has 2 rings (SSSR count). The monoisotopic (exact) mass is 305 g/mol. The number of nitrogens with zero attached hydrogens (tertiary/aromatic N) is 3. The molecule has 0 N–H and O–H groups in total. The lowest BCUT2D eigenvalue weighted by atomic mass is 10.2. The third-order valence-electron chi connectivity index (χ3n) is 2.60. The van der Waals surface area contributed by atoms with Crippen LogP contribution in [0.5, 0.6) is 5.75 Å². The largest absolute Gasteiger partial charge is 0.492 e. The molecule has 0 atom stereocenters. The van der Waals surface area contributed by atoms with E-state index in [9.17, 15) is 0 Å². The second kappa shape index (κ2) is 5.69. The number of hydrogen-bond acceptors (Lipinski definition) is 3. The van der Waals surface area contributed by atoms with Gasteiger partial charge in [0.05, 0.1) is 12.2 Å². The molecule has 0 amide bonds. The van der Waals surface area contributed by atoms with Crippen LogP contribution in [0.2, 0.25) is 0 Å². The average Bonchev–Trinajstić information content (AvgIpc) is 2.77. The lowest BCUT2D eigenvalue weighted by molar-refractivity contribution is 0.317. The zero-order chi connectivity index (χ0) is 13.0. The van der Waals surface area contributed by atoms with Gasteiger partial charge >= 0.3 is 0 Å². The standard InChI is InChI=1S/C13H12BrN3O/c1-17-12(4-6-16-17)5-7-18-13-3-2-11(14)8-10(13)9-15/h2-4,6,8H,5,7H2,1H3. The molecule has 1 heterocycles. The van der Waals surface area contributed by atoms with Crippen molar-refractivity contribution >= 4 is 15.9 Å². The Morgan fingerprint density at radius 2 is 2.28 bits per heavy atom. The van der Waals surface area contributed by atoms with Gasteiger partial charge in [-0.25, -0.2) is 0 Å². The Labute approximate surface area is 114 Å². The Bertz CT molecular complexity index is 586. The summed E-state index contributed by atoms with van der Waals surface area (Å²) in [7, 11) is 1.90. The summed E-state index contributed by atoms with van der Waals surface area (Å²) in [5.41, 5.74) is 1.64. The molecule has 0 bridgehead atoms. The maximum absolute atomic E-state index is 9.01. The van der Waals surface area contributed by atoms with Crippen LogP contribution >= 0.6 is 15.9 Å². The van der Waals surface area contributed by atoms with E-state index in [1.807, 2.05) is 23.9 Å². The quantitative estimate of drug-likeness (QED) is 0.872. The number of nitriles is 1.